The Labute approximate surface area is 92.5 Å². The normalized spacial score (nSPS) is 11.2. The first-order valence-corrected chi connectivity index (χ1v) is 4.97. The predicted molar refractivity (Wildman–Crippen MR) is 56.3 cm³/mol. The average Bonchev–Trinajstić information content (AvgIpc) is 2.16. The Morgan fingerprint density at radius 3 is 2.69 bits per heavy atom. The van der Waals surface area contributed by atoms with Gasteiger partial charge < -0.3 is 4.74 Å². The van der Waals surface area contributed by atoms with E-state index < -0.39 is 6.36 Å². The number of benzene rings is 1. The van der Waals surface area contributed by atoms with Crippen molar-refractivity contribution >= 4 is 0 Å². The van der Waals surface area contributed by atoms with Crippen molar-refractivity contribution in [1.29, 1.82) is 0 Å². The van der Waals surface area contributed by atoms with E-state index in [-0.39, 0.29) is 5.75 Å². The summed E-state index contributed by atoms with van der Waals surface area (Å²) in [6.45, 7) is 3.58. The van der Waals surface area contributed by atoms with Gasteiger partial charge in [-0.15, -0.1) is 19.8 Å². The van der Waals surface area contributed by atoms with Crippen LogP contribution >= 0.6 is 0 Å². The van der Waals surface area contributed by atoms with Crippen LogP contribution in [0.2, 0.25) is 0 Å². The number of rotatable bonds is 5. The third-order valence-electron chi connectivity index (χ3n) is 2.01. The molecule has 0 atom stereocenters. The maximum absolute atomic E-state index is 11.9. The molecule has 0 saturated carbocycles. The predicted octanol–water partition coefficient (Wildman–Crippen LogP) is 4.09. The van der Waals surface area contributed by atoms with Gasteiger partial charge in [-0.25, -0.2) is 0 Å². The standard InChI is InChI=1S/C12H13F3O/c1-2-3-4-6-10-7-5-8-11(9-10)16-12(13,14)15/h2,5,7-9H,1,3-4,6H2. The molecule has 0 spiro atoms. The number of allylic oxidation sites excluding steroid dienone is 1. The van der Waals surface area contributed by atoms with Crippen LogP contribution in [0.15, 0.2) is 36.9 Å². The SMILES string of the molecule is C=CCCCc1cccc(OC(F)(F)F)c1. The first-order chi connectivity index (χ1) is 7.51. The number of alkyl halides is 3. The zero-order valence-corrected chi connectivity index (χ0v) is 8.76. The van der Waals surface area contributed by atoms with Crippen molar-refractivity contribution in [3.05, 3.63) is 42.5 Å². The summed E-state index contributed by atoms with van der Waals surface area (Å²) in [7, 11) is 0. The lowest BCUT2D eigenvalue weighted by atomic mass is 10.1. The van der Waals surface area contributed by atoms with Gasteiger partial charge in [-0.2, -0.15) is 0 Å². The third kappa shape index (κ3) is 4.87. The maximum atomic E-state index is 11.9. The van der Waals surface area contributed by atoms with Crippen molar-refractivity contribution in [3.63, 3.8) is 0 Å². The Morgan fingerprint density at radius 2 is 2.06 bits per heavy atom. The molecular weight excluding hydrogens is 217 g/mol. The van der Waals surface area contributed by atoms with E-state index >= 15 is 0 Å². The minimum absolute atomic E-state index is 0.163. The largest absolute Gasteiger partial charge is 0.573 e. The molecule has 0 aliphatic heterocycles. The van der Waals surface area contributed by atoms with E-state index in [2.05, 4.69) is 11.3 Å². The molecule has 1 nitrogen and oxygen atoms in total. The fourth-order valence-corrected chi connectivity index (χ4v) is 1.35. The summed E-state index contributed by atoms with van der Waals surface area (Å²) in [6, 6.07) is 6.05. The molecule has 88 valence electrons. The van der Waals surface area contributed by atoms with Crippen LogP contribution in [0.3, 0.4) is 0 Å². The quantitative estimate of drug-likeness (QED) is 0.546. The molecule has 0 saturated heterocycles. The molecule has 0 aromatic heterocycles. The van der Waals surface area contributed by atoms with Gasteiger partial charge in [0, 0.05) is 0 Å². The molecule has 0 aliphatic rings. The molecule has 0 bridgehead atoms. The Morgan fingerprint density at radius 1 is 1.31 bits per heavy atom. The van der Waals surface area contributed by atoms with Gasteiger partial charge >= 0.3 is 6.36 Å². The summed E-state index contributed by atoms with van der Waals surface area (Å²) in [4.78, 5) is 0. The summed E-state index contributed by atoms with van der Waals surface area (Å²) in [5.41, 5.74) is 0.837. The second-order valence-electron chi connectivity index (χ2n) is 3.38. The van der Waals surface area contributed by atoms with Crippen molar-refractivity contribution in [2.45, 2.75) is 25.6 Å². The van der Waals surface area contributed by atoms with E-state index in [1.54, 1.807) is 18.2 Å². The zero-order chi connectivity index (χ0) is 12.0. The van der Waals surface area contributed by atoms with Gasteiger partial charge in [0.15, 0.2) is 0 Å². The summed E-state index contributed by atoms with van der Waals surface area (Å²) >= 11 is 0. The average molecular weight is 230 g/mol. The van der Waals surface area contributed by atoms with Gasteiger partial charge in [0.25, 0.3) is 0 Å². The fourth-order valence-electron chi connectivity index (χ4n) is 1.35. The van der Waals surface area contributed by atoms with Crippen molar-refractivity contribution in [2.75, 3.05) is 0 Å². The van der Waals surface area contributed by atoms with Crippen molar-refractivity contribution in [3.8, 4) is 5.75 Å². The van der Waals surface area contributed by atoms with Crippen LogP contribution in [0.5, 0.6) is 5.75 Å². The van der Waals surface area contributed by atoms with Gasteiger partial charge in [0.2, 0.25) is 0 Å². The van der Waals surface area contributed by atoms with Crippen LogP contribution in [0.1, 0.15) is 18.4 Å². The number of hydrogen-bond donors (Lipinski definition) is 0. The van der Waals surface area contributed by atoms with Gasteiger partial charge in [-0.1, -0.05) is 18.2 Å². The van der Waals surface area contributed by atoms with Crippen LogP contribution in [0, 0.1) is 0 Å². The maximum Gasteiger partial charge on any atom is 0.573 e. The number of unbranched alkanes of at least 4 members (excludes halogenated alkanes) is 1. The first-order valence-electron chi connectivity index (χ1n) is 4.97. The molecule has 0 aliphatic carbocycles. The van der Waals surface area contributed by atoms with Gasteiger partial charge in [0.05, 0.1) is 0 Å². The third-order valence-corrected chi connectivity index (χ3v) is 2.01. The molecule has 0 radical (unpaired) electrons. The minimum atomic E-state index is -4.63. The lowest BCUT2D eigenvalue weighted by Gasteiger charge is -2.09. The fraction of sp³-hybridized carbons (Fsp3) is 0.333. The second-order valence-corrected chi connectivity index (χ2v) is 3.38. The first kappa shape index (κ1) is 12.6. The molecule has 0 unspecified atom stereocenters. The van der Waals surface area contributed by atoms with E-state index in [0.29, 0.717) is 0 Å². The molecule has 0 amide bonds. The summed E-state index contributed by atoms with van der Waals surface area (Å²) in [5.74, 6) is -0.163. The van der Waals surface area contributed by atoms with E-state index in [4.69, 9.17) is 0 Å². The summed E-state index contributed by atoms with van der Waals surface area (Å²) < 4.78 is 39.7. The Bertz CT molecular complexity index is 344. The van der Waals surface area contributed by atoms with Gasteiger partial charge in [-0.05, 0) is 37.0 Å². The van der Waals surface area contributed by atoms with Crippen molar-refractivity contribution < 1.29 is 17.9 Å². The van der Waals surface area contributed by atoms with Crippen molar-refractivity contribution in [2.24, 2.45) is 0 Å². The molecule has 4 heteroatoms. The molecule has 1 rings (SSSR count). The number of aryl methyl sites for hydroxylation is 1. The highest BCUT2D eigenvalue weighted by atomic mass is 19.4. The van der Waals surface area contributed by atoms with Crippen molar-refractivity contribution in [1.82, 2.24) is 0 Å². The highest BCUT2D eigenvalue weighted by molar-refractivity contribution is 5.28. The summed E-state index contributed by atoms with van der Waals surface area (Å²) in [5, 5.41) is 0. The van der Waals surface area contributed by atoms with Crippen LogP contribution in [-0.4, -0.2) is 6.36 Å². The van der Waals surface area contributed by atoms with Crippen LogP contribution in [0.25, 0.3) is 0 Å². The van der Waals surface area contributed by atoms with E-state index in [0.717, 1.165) is 24.8 Å². The van der Waals surface area contributed by atoms with Crippen LogP contribution < -0.4 is 4.74 Å². The molecule has 0 fully saturated rings. The summed E-state index contributed by atoms with van der Waals surface area (Å²) in [6.07, 6.45) is -0.389. The lowest BCUT2D eigenvalue weighted by molar-refractivity contribution is -0.274. The van der Waals surface area contributed by atoms with Gasteiger partial charge in [0.1, 0.15) is 5.75 Å². The molecule has 1 aromatic rings. The van der Waals surface area contributed by atoms with Crippen LogP contribution in [0.4, 0.5) is 13.2 Å². The van der Waals surface area contributed by atoms with E-state index in [1.165, 1.54) is 12.1 Å². The zero-order valence-electron chi connectivity index (χ0n) is 8.76. The molecule has 0 heterocycles. The lowest BCUT2D eigenvalue weighted by Crippen LogP contribution is -2.17. The minimum Gasteiger partial charge on any atom is -0.406 e. The van der Waals surface area contributed by atoms with Gasteiger partial charge in [-0.3, -0.25) is 0 Å². The topological polar surface area (TPSA) is 9.23 Å². The molecule has 1 aromatic carbocycles. The Balaban J connectivity index is 2.60. The van der Waals surface area contributed by atoms with Crippen LogP contribution in [-0.2, 0) is 6.42 Å². The van der Waals surface area contributed by atoms with E-state index in [1.807, 2.05) is 0 Å². The molecule has 16 heavy (non-hydrogen) atoms. The Kier molecular flexibility index (Phi) is 4.40. The van der Waals surface area contributed by atoms with E-state index in [9.17, 15) is 13.2 Å². The molecular formula is C12H13F3O. The highest BCUT2D eigenvalue weighted by Gasteiger charge is 2.30. The number of hydrogen-bond acceptors (Lipinski definition) is 1. The number of ether oxygens (including phenoxy) is 1. The molecule has 0 N–H and O–H groups in total. The highest BCUT2D eigenvalue weighted by Crippen LogP contribution is 2.23. The number of halogens is 3. The monoisotopic (exact) mass is 230 g/mol. The Hall–Kier alpha value is -1.45. The second kappa shape index (κ2) is 5.58. The smallest absolute Gasteiger partial charge is 0.406 e.